The standard InChI is InChI=1S/C23H47NO2/c1-5-8-11-14-17-21-20-26-23(19-16-13-10-7-3)22(24(21,4)25)18-15-12-9-6-2/h21-23H,5-20H2,1-4H3. The summed E-state index contributed by atoms with van der Waals surface area (Å²) in [6.45, 7) is 7.42. The van der Waals surface area contributed by atoms with Gasteiger partial charge >= 0.3 is 0 Å². The van der Waals surface area contributed by atoms with Crippen molar-refractivity contribution in [3.05, 3.63) is 5.21 Å². The van der Waals surface area contributed by atoms with Crippen molar-refractivity contribution in [1.82, 2.24) is 0 Å². The number of likely N-dealkylation sites (N-methyl/N-ethyl adjacent to an activating group) is 1. The fourth-order valence-corrected chi connectivity index (χ4v) is 4.51. The number of hydrogen-bond acceptors (Lipinski definition) is 2. The van der Waals surface area contributed by atoms with Gasteiger partial charge in [0.2, 0.25) is 0 Å². The van der Waals surface area contributed by atoms with E-state index in [4.69, 9.17) is 4.74 Å². The van der Waals surface area contributed by atoms with Gasteiger partial charge in [0.25, 0.3) is 0 Å². The molecule has 0 radical (unpaired) electrons. The highest BCUT2D eigenvalue weighted by Crippen LogP contribution is 2.33. The van der Waals surface area contributed by atoms with Crippen LogP contribution in [0.4, 0.5) is 0 Å². The molecule has 4 unspecified atom stereocenters. The summed E-state index contributed by atoms with van der Waals surface area (Å²) in [5.74, 6) is 0. The third kappa shape index (κ3) is 8.27. The van der Waals surface area contributed by atoms with Crippen LogP contribution < -0.4 is 0 Å². The number of hydroxylamine groups is 3. The Morgan fingerprint density at radius 1 is 0.731 bits per heavy atom. The van der Waals surface area contributed by atoms with Crippen molar-refractivity contribution in [2.45, 2.75) is 135 Å². The van der Waals surface area contributed by atoms with Crippen LogP contribution in [0.1, 0.15) is 117 Å². The van der Waals surface area contributed by atoms with Crippen LogP contribution in [0.3, 0.4) is 0 Å². The van der Waals surface area contributed by atoms with Gasteiger partial charge in [0.05, 0.1) is 13.7 Å². The van der Waals surface area contributed by atoms with E-state index in [1.165, 1.54) is 77.0 Å². The lowest BCUT2D eigenvalue weighted by Crippen LogP contribution is -2.64. The molecule has 156 valence electrons. The van der Waals surface area contributed by atoms with Crippen LogP contribution in [0.5, 0.6) is 0 Å². The van der Waals surface area contributed by atoms with Crippen LogP contribution in [0.15, 0.2) is 0 Å². The largest absolute Gasteiger partial charge is 0.632 e. The molecule has 1 heterocycles. The molecule has 0 aliphatic carbocycles. The minimum Gasteiger partial charge on any atom is -0.632 e. The van der Waals surface area contributed by atoms with E-state index in [1.54, 1.807) is 0 Å². The summed E-state index contributed by atoms with van der Waals surface area (Å²) in [5.41, 5.74) is 0. The van der Waals surface area contributed by atoms with Crippen LogP contribution in [0.25, 0.3) is 0 Å². The first-order valence-electron chi connectivity index (χ1n) is 11.8. The molecule has 26 heavy (non-hydrogen) atoms. The zero-order valence-electron chi connectivity index (χ0n) is 18.3. The molecule has 1 aliphatic rings. The number of hydrogen-bond donors (Lipinski definition) is 0. The summed E-state index contributed by atoms with van der Waals surface area (Å²) >= 11 is 0. The average Bonchev–Trinajstić information content (AvgIpc) is 2.62. The molecule has 0 aromatic heterocycles. The Labute approximate surface area is 164 Å². The molecular weight excluding hydrogens is 322 g/mol. The van der Waals surface area contributed by atoms with Crippen molar-refractivity contribution in [3.63, 3.8) is 0 Å². The van der Waals surface area contributed by atoms with Crippen LogP contribution in [-0.2, 0) is 4.74 Å². The Morgan fingerprint density at radius 3 is 1.77 bits per heavy atom. The number of ether oxygens (including phenoxy) is 1. The first-order valence-corrected chi connectivity index (χ1v) is 11.8. The van der Waals surface area contributed by atoms with Crippen LogP contribution in [0.2, 0.25) is 0 Å². The number of rotatable bonds is 15. The van der Waals surface area contributed by atoms with E-state index in [0.29, 0.717) is 6.61 Å². The van der Waals surface area contributed by atoms with Crippen molar-refractivity contribution in [3.8, 4) is 0 Å². The van der Waals surface area contributed by atoms with Gasteiger partial charge in [-0.1, -0.05) is 85.0 Å². The van der Waals surface area contributed by atoms with E-state index < -0.39 is 0 Å². The van der Waals surface area contributed by atoms with E-state index in [0.717, 1.165) is 19.3 Å². The lowest BCUT2D eigenvalue weighted by Gasteiger charge is -2.56. The number of unbranched alkanes of at least 4 members (excludes halogenated alkanes) is 9. The normalized spacial score (nSPS) is 29.2. The summed E-state index contributed by atoms with van der Waals surface area (Å²) in [5, 5.41) is 13.7. The molecule has 1 rings (SSSR count). The third-order valence-corrected chi connectivity index (χ3v) is 6.40. The zero-order chi connectivity index (χ0) is 19.3. The van der Waals surface area contributed by atoms with Gasteiger partial charge in [0.15, 0.2) is 0 Å². The summed E-state index contributed by atoms with van der Waals surface area (Å²) in [4.78, 5) is 0. The van der Waals surface area contributed by atoms with Gasteiger partial charge in [-0.2, -0.15) is 0 Å². The molecule has 0 aromatic rings. The molecule has 1 fully saturated rings. The maximum atomic E-state index is 13.7. The molecule has 0 aromatic carbocycles. The quantitative estimate of drug-likeness (QED) is 0.177. The van der Waals surface area contributed by atoms with Gasteiger partial charge in [0.1, 0.15) is 18.2 Å². The molecule has 0 N–H and O–H groups in total. The van der Waals surface area contributed by atoms with Crippen molar-refractivity contribution in [2.24, 2.45) is 0 Å². The summed E-state index contributed by atoms with van der Waals surface area (Å²) in [7, 11) is 1.95. The fourth-order valence-electron chi connectivity index (χ4n) is 4.51. The zero-order valence-corrected chi connectivity index (χ0v) is 18.3. The second kappa shape index (κ2) is 14.0. The SMILES string of the molecule is CCCCCCC1OCC(CCCCCC)[N+](C)([O-])C1CCCCCC. The maximum Gasteiger partial charge on any atom is 0.115 e. The number of morpholine rings is 1. The second-order valence-corrected chi connectivity index (χ2v) is 8.70. The van der Waals surface area contributed by atoms with E-state index in [-0.39, 0.29) is 22.8 Å². The smallest absolute Gasteiger partial charge is 0.115 e. The molecule has 3 nitrogen and oxygen atoms in total. The highest BCUT2D eigenvalue weighted by atomic mass is 16.6. The van der Waals surface area contributed by atoms with Gasteiger partial charge in [-0.25, -0.2) is 0 Å². The monoisotopic (exact) mass is 369 g/mol. The van der Waals surface area contributed by atoms with E-state index in [1.807, 2.05) is 7.05 Å². The van der Waals surface area contributed by atoms with E-state index in [9.17, 15) is 5.21 Å². The third-order valence-electron chi connectivity index (χ3n) is 6.40. The average molecular weight is 370 g/mol. The van der Waals surface area contributed by atoms with E-state index >= 15 is 0 Å². The molecule has 0 spiro atoms. The Hall–Kier alpha value is -0.120. The number of quaternary nitrogens is 1. The molecule has 3 heteroatoms. The van der Waals surface area contributed by atoms with Gasteiger partial charge in [-0.05, 0) is 19.3 Å². The van der Waals surface area contributed by atoms with Crippen molar-refractivity contribution >= 4 is 0 Å². The lowest BCUT2D eigenvalue weighted by atomic mass is 9.92. The molecule has 0 amide bonds. The van der Waals surface area contributed by atoms with Crippen LogP contribution in [-0.4, -0.2) is 36.5 Å². The van der Waals surface area contributed by atoms with Gasteiger partial charge in [0, 0.05) is 12.8 Å². The van der Waals surface area contributed by atoms with Gasteiger partial charge < -0.3 is 14.6 Å². The second-order valence-electron chi connectivity index (χ2n) is 8.70. The molecule has 1 aliphatic heterocycles. The van der Waals surface area contributed by atoms with Crippen LogP contribution in [0, 0.1) is 5.21 Å². The first-order chi connectivity index (χ1) is 12.6. The minimum absolute atomic E-state index is 0.0449. The lowest BCUT2D eigenvalue weighted by molar-refractivity contribution is -0.925. The van der Waals surface area contributed by atoms with Crippen molar-refractivity contribution in [1.29, 1.82) is 0 Å². The van der Waals surface area contributed by atoms with Gasteiger partial charge in [-0.15, -0.1) is 0 Å². The molecule has 1 saturated heterocycles. The van der Waals surface area contributed by atoms with E-state index in [2.05, 4.69) is 20.8 Å². The Bertz CT molecular complexity index is 332. The molecule has 4 atom stereocenters. The van der Waals surface area contributed by atoms with Crippen LogP contribution >= 0.6 is 0 Å². The Morgan fingerprint density at radius 2 is 1.23 bits per heavy atom. The first kappa shape index (κ1) is 23.9. The maximum absolute atomic E-state index is 13.7. The Kier molecular flexibility index (Phi) is 12.8. The summed E-state index contributed by atoms with van der Waals surface area (Å²) in [6, 6.07) is 0.299. The topological polar surface area (TPSA) is 32.3 Å². The Balaban J connectivity index is 2.61. The predicted molar refractivity (Wildman–Crippen MR) is 113 cm³/mol. The minimum atomic E-state index is -0.0449. The predicted octanol–water partition coefficient (Wildman–Crippen LogP) is 6.98. The molecular formula is C23H47NO2. The highest BCUT2D eigenvalue weighted by Gasteiger charge is 2.42. The fraction of sp³-hybridized carbons (Fsp3) is 1.00. The van der Waals surface area contributed by atoms with Crippen molar-refractivity contribution < 1.29 is 9.38 Å². The molecule has 0 bridgehead atoms. The highest BCUT2D eigenvalue weighted by molar-refractivity contribution is 4.80. The molecule has 0 saturated carbocycles. The summed E-state index contributed by atoms with van der Waals surface area (Å²) in [6.07, 6.45) is 18.4. The summed E-state index contributed by atoms with van der Waals surface area (Å²) < 4.78 is 6.27. The number of nitrogens with zero attached hydrogens (tertiary/aromatic N) is 1. The van der Waals surface area contributed by atoms with Crippen molar-refractivity contribution in [2.75, 3.05) is 13.7 Å². The van der Waals surface area contributed by atoms with Gasteiger partial charge in [-0.3, -0.25) is 0 Å².